The van der Waals surface area contributed by atoms with Crippen LogP contribution in [0.4, 0.5) is 17.1 Å². The van der Waals surface area contributed by atoms with Gasteiger partial charge in [0.25, 0.3) is 0 Å². The summed E-state index contributed by atoms with van der Waals surface area (Å²) in [5.74, 6) is 0.632. The number of furan rings is 1. The van der Waals surface area contributed by atoms with Gasteiger partial charge in [-0.25, -0.2) is 4.98 Å². The second kappa shape index (κ2) is 11.5. The Kier molecular flexibility index (Phi) is 6.56. The maximum atomic E-state index is 6.40. The van der Waals surface area contributed by atoms with Gasteiger partial charge in [0.2, 0.25) is 5.89 Å². The van der Waals surface area contributed by atoms with E-state index in [4.69, 9.17) is 13.8 Å². The van der Waals surface area contributed by atoms with Crippen molar-refractivity contribution in [1.29, 1.82) is 0 Å². The van der Waals surface area contributed by atoms with Gasteiger partial charge in [-0.15, -0.1) is 0 Å². The van der Waals surface area contributed by atoms with Crippen LogP contribution in [0.5, 0.6) is 0 Å². The Morgan fingerprint density at radius 3 is 2.00 bits per heavy atom. The van der Waals surface area contributed by atoms with Gasteiger partial charge < -0.3 is 13.7 Å². The summed E-state index contributed by atoms with van der Waals surface area (Å²) in [6.45, 7) is 4.65. The Morgan fingerprint density at radius 2 is 1.11 bits per heavy atom. The van der Waals surface area contributed by atoms with Crippen LogP contribution in [0.25, 0.3) is 77.5 Å². The molecule has 0 N–H and O–H groups in total. The summed E-state index contributed by atoms with van der Waals surface area (Å²) >= 11 is 0. The zero-order valence-corrected chi connectivity index (χ0v) is 29.9. The van der Waals surface area contributed by atoms with Crippen molar-refractivity contribution < 1.29 is 8.83 Å². The number of hydrogen-bond acceptors (Lipinski definition) is 4. The Labute approximate surface area is 312 Å². The summed E-state index contributed by atoms with van der Waals surface area (Å²) in [7, 11) is 0. The number of para-hydroxylation sites is 1. The monoisotopic (exact) mass is 694 g/mol. The predicted octanol–water partition coefficient (Wildman–Crippen LogP) is 14.0. The molecular weight excluding hydrogens is 661 g/mol. The smallest absolute Gasteiger partial charge is 0.227 e. The second-order valence-electron chi connectivity index (χ2n) is 14.8. The van der Waals surface area contributed by atoms with Gasteiger partial charge in [0.1, 0.15) is 16.7 Å². The highest BCUT2D eigenvalue weighted by atomic mass is 16.3. The standard InChI is InChI=1S/C50H34N2O2/c1-50(2)43-17-8-6-13-38(43)42-29-34(24-27-44(42)50)52(35-23-25-40-39-14-7-9-18-46(39)53-47(40)30-35)33-21-19-31(20-22-33)36-15-10-16-41-37(36)26-28-45-48(41)54-49(51-45)32-11-4-3-5-12-32/h3-30H,1-2H3. The summed E-state index contributed by atoms with van der Waals surface area (Å²) in [6, 6.07) is 60.2. The van der Waals surface area contributed by atoms with Crippen LogP contribution in [0, 0.1) is 0 Å². The Morgan fingerprint density at radius 1 is 0.444 bits per heavy atom. The van der Waals surface area contributed by atoms with Crippen LogP contribution >= 0.6 is 0 Å². The van der Waals surface area contributed by atoms with E-state index in [1.807, 2.05) is 42.5 Å². The van der Waals surface area contributed by atoms with Crippen molar-refractivity contribution in [3.63, 3.8) is 0 Å². The van der Waals surface area contributed by atoms with Gasteiger partial charge in [-0.1, -0.05) is 117 Å². The predicted molar refractivity (Wildman–Crippen MR) is 222 cm³/mol. The molecule has 0 radical (unpaired) electrons. The Bertz CT molecular complexity index is 3080. The molecule has 0 aliphatic heterocycles. The molecule has 10 aromatic rings. The fraction of sp³-hybridized carbons (Fsp3) is 0.0600. The van der Waals surface area contributed by atoms with Crippen LogP contribution in [0.3, 0.4) is 0 Å². The van der Waals surface area contributed by atoms with E-state index in [-0.39, 0.29) is 5.41 Å². The number of oxazole rings is 1. The lowest BCUT2D eigenvalue weighted by Crippen LogP contribution is -2.15. The van der Waals surface area contributed by atoms with Crippen LogP contribution in [0.15, 0.2) is 179 Å². The fourth-order valence-electron chi connectivity index (χ4n) is 8.64. The molecule has 0 bridgehead atoms. The van der Waals surface area contributed by atoms with Crippen molar-refractivity contribution in [3.05, 3.63) is 181 Å². The first kappa shape index (κ1) is 30.7. The molecule has 256 valence electrons. The van der Waals surface area contributed by atoms with E-state index in [0.29, 0.717) is 5.89 Å². The molecule has 0 amide bonds. The van der Waals surface area contributed by atoms with Crippen LogP contribution in [-0.2, 0) is 5.41 Å². The SMILES string of the molecule is CC1(C)c2ccccc2-c2cc(N(c3ccc(-c4cccc5c4ccc4nc(-c6ccccc6)oc45)cc3)c3ccc4c(c3)oc3ccccc34)ccc21. The molecule has 0 spiro atoms. The summed E-state index contributed by atoms with van der Waals surface area (Å²) in [5, 5.41) is 4.41. The zero-order valence-electron chi connectivity index (χ0n) is 29.9. The number of rotatable bonds is 5. The largest absolute Gasteiger partial charge is 0.456 e. The molecule has 4 heteroatoms. The van der Waals surface area contributed by atoms with E-state index in [1.54, 1.807) is 0 Å². The van der Waals surface area contributed by atoms with Gasteiger partial charge in [0.05, 0.1) is 0 Å². The molecule has 0 atom stereocenters. The van der Waals surface area contributed by atoms with Crippen molar-refractivity contribution >= 4 is 60.9 Å². The summed E-state index contributed by atoms with van der Waals surface area (Å²) < 4.78 is 12.8. The van der Waals surface area contributed by atoms with E-state index < -0.39 is 0 Å². The molecule has 4 nitrogen and oxygen atoms in total. The van der Waals surface area contributed by atoms with Gasteiger partial charge in [0.15, 0.2) is 5.58 Å². The zero-order chi connectivity index (χ0) is 36.0. The summed E-state index contributed by atoms with van der Waals surface area (Å²) in [5.41, 5.74) is 15.1. The topological polar surface area (TPSA) is 42.4 Å². The molecule has 2 heterocycles. The van der Waals surface area contributed by atoms with Crippen LogP contribution < -0.4 is 4.90 Å². The molecule has 8 aromatic carbocycles. The molecule has 1 aliphatic carbocycles. The van der Waals surface area contributed by atoms with Crippen LogP contribution in [-0.4, -0.2) is 4.98 Å². The minimum Gasteiger partial charge on any atom is -0.456 e. The van der Waals surface area contributed by atoms with Gasteiger partial charge in [-0.2, -0.15) is 0 Å². The van der Waals surface area contributed by atoms with Crippen molar-refractivity contribution in [2.24, 2.45) is 0 Å². The average Bonchev–Trinajstić information content (AvgIpc) is 3.89. The normalized spacial score (nSPS) is 13.1. The highest BCUT2D eigenvalue weighted by Crippen LogP contribution is 2.51. The van der Waals surface area contributed by atoms with E-state index in [1.165, 1.54) is 22.3 Å². The molecule has 0 saturated carbocycles. The summed E-state index contributed by atoms with van der Waals surface area (Å²) in [4.78, 5) is 7.16. The lowest BCUT2D eigenvalue weighted by Gasteiger charge is -2.27. The Balaban J connectivity index is 1.04. The lowest BCUT2D eigenvalue weighted by atomic mass is 9.82. The van der Waals surface area contributed by atoms with E-state index in [9.17, 15) is 0 Å². The van der Waals surface area contributed by atoms with Crippen LogP contribution in [0.2, 0.25) is 0 Å². The van der Waals surface area contributed by atoms with Gasteiger partial charge in [-0.05, 0) is 99.4 Å². The maximum Gasteiger partial charge on any atom is 0.227 e. The third-order valence-corrected chi connectivity index (χ3v) is 11.3. The van der Waals surface area contributed by atoms with Crippen LogP contribution in [0.1, 0.15) is 25.0 Å². The first-order valence-electron chi connectivity index (χ1n) is 18.5. The number of anilines is 3. The van der Waals surface area contributed by atoms with Crippen molar-refractivity contribution in [1.82, 2.24) is 4.98 Å². The molecular formula is C50H34N2O2. The number of fused-ring (bicyclic) bond motifs is 9. The molecule has 0 unspecified atom stereocenters. The quantitative estimate of drug-likeness (QED) is 0.180. The number of hydrogen-bond donors (Lipinski definition) is 0. The molecule has 54 heavy (non-hydrogen) atoms. The number of nitrogens with zero attached hydrogens (tertiary/aromatic N) is 2. The minimum absolute atomic E-state index is 0.0665. The molecule has 2 aromatic heterocycles. The molecule has 0 fully saturated rings. The molecule has 11 rings (SSSR count). The van der Waals surface area contributed by atoms with Crippen molar-refractivity contribution in [3.8, 4) is 33.7 Å². The first-order chi connectivity index (χ1) is 26.5. The van der Waals surface area contributed by atoms with Gasteiger partial charge >= 0.3 is 0 Å². The third-order valence-electron chi connectivity index (χ3n) is 11.3. The van der Waals surface area contributed by atoms with Crippen molar-refractivity contribution in [2.75, 3.05) is 4.90 Å². The maximum absolute atomic E-state index is 6.40. The van der Waals surface area contributed by atoms with E-state index in [2.05, 4.69) is 146 Å². The molecule has 0 saturated heterocycles. The first-order valence-corrected chi connectivity index (χ1v) is 18.5. The summed E-state index contributed by atoms with van der Waals surface area (Å²) in [6.07, 6.45) is 0. The highest BCUT2D eigenvalue weighted by molar-refractivity contribution is 6.09. The average molecular weight is 695 g/mol. The van der Waals surface area contributed by atoms with Gasteiger partial charge in [-0.3, -0.25) is 0 Å². The number of benzene rings is 8. The third kappa shape index (κ3) is 4.60. The minimum atomic E-state index is -0.0665. The number of aromatic nitrogens is 1. The van der Waals surface area contributed by atoms with E-state index >= 15 is 0 Å². The van der Waals surface area contributed by atoms with Crippen molar-refractivity contribution in [2.45, 2.75) is 19.3 Å². The van der Waals surface area contributed by atoms with E-state index in [0.717, 1.165) is 77.6 Å². The Hall–Kier alpha value is -6.91. The second-order valence-corrected chi connectivity index (χ2v) is 14.8. The fourth-order valence-corrected chi connectivity index (χ4v) is 8.64. The lowest BCUT2D eigenvalue weighted by molar-refractivity contribution is 0.623. The van der Waals surface area contributed by atoms with Gasteiger partial charge in [0, 0.05) is 50.3 Å². The highest BCUT2D eigenvalue weighted by Gasteiger charge is 2.35. The molecule has 1 aliphatic rings.